The molecule has 9 heteroatoms. The summed E-state index contributed by atoms with van der Waals surface area (Å²) in [6.07, 6.45) is 6.33. The Labute approximate surface area is 178 Å². The van der Waals surface area contributed by atoms with Gasteiger partial charge in [0.2, 0.25) is 17.5 Å². The van der Waals surface area contributed by atoms with E-state index in [0.717, 1.165) is 23.9 Å². The van der Waals surface area contributed by atoms with Crippen LogP contribution in [0.5, 0.6) is 17.2 Å². The predicted octanol–water partition coefficient (Wildman–Crippen LogP) is 4.62. The average molecular weight is 422 g/mol. The summed E-state index contributed by atoms with van der Waals surface area (Å²) < 4.78 is 27.6. The van der Waals surface area contributed by atoms with Crippen LogP contribution in [0.1, 0.15) is 37.3 Å². The van der Waals surface area contributed by atoms with Crippen LogP contribution in [-0.4, -0.2) is 41.7 Å². The van der Waals surface area contributed by atoms with Gasteiger partial charge >= 0.3 is 0 Å². The van der Waals surface area contributed by atoms with Gasteiger partial charge in [0.25, 0.3) is 5.71 Å². The second-order valence-corrected chi connectivity index (χ2v) is 7.45. The van der Waals surface area contributed by atoms with Crippen LogP contribution in [0, 0.1) is 0 Å². The van der Waals surface area contributed by atoms with E-state index in [0.29, 0.717) is 51.8 Å². The third-order valence-electron chi connectivity index (χ3n) is 5.68. The molecule has 0 bridgehead atoms. The molecule has 1 aromatic carbocycles. The van der Waals surface area contributed by atoms with Crippen LogP contribution in [0.25, 0.3) is 34.0 Å². The minimum atomic E-state index is 0.329. The van der Waals surface area contributed by atoms with Crippen molar-refractivity contribution < 1.29 is 23.2 Å². The number of pyridine rings is 1. The largest absolute Gasteiger partial charge is 0.493 e. The van der Waals surface area contributed by atoms with Gasteiger partial charge in [-0.15, -0.1) is 10.2 Å². The Morgan fingerprint density at radius 3 is 2.19 bits per heavy atom. The fourth-order valence-electron chi connectivity index (χ4n) is 4.12. The molecule has 0 saturated heterocycles. The fourth-order valence-corrected chi connectivity index (χ4v) is 4.12. The third kappa shape index (κ3) is 3.35. The monoisotopic (exact) mass is 422 g/mol. The van der Waals surface area contributed by atoms with E-state index in [1.807, 2.05) is 6.07 Å². The first kappa shape index (κ1) is 19.3. The molecule has 160 valence electrons. The smallest absolute Gasteiger partial charge is 0.257 e. The summed E-state index contributed by atoms with van der Waals surface area (Å²) in [5.74, 6) is 2.61. The summed E-state index contributed by atoms with van der Waals surface area (Å²) >= 11 is 0. The zero-order chi connectivity index (χ0) is 21.4. The molecule has 9 nitrogen and oxygen atoms in total. The summed E-state index contributed by atoms with van der Waals surface area (Å²) in [4.78, 5) is 4.40. The molecule has 31 heavy (non-hydrogen) atoms. The van der Waals surface area contributed by atoms with Crippen LogP contribution < -0.4 is 14.2 Å². The second kappa shape index (κ2) is 7.90. The Hall–Kier alpha value is -3.62. The molecular formula is C22H22N4O5. The zero-order valence-electron chi connectivity index (χ0n) is 17.5. The Balaban J connectivity index is 1.52. The maximum atomic E-state index is 5.95. The molecule has 0 atom stereocenters. The lowest BCUT2D eigenvalue weighted by Crippen LogP contribution is -1.95. The highest BCUT2D eigenvalue weighted by Crippen LogP contribution is 2.41. The fraction of sp³-hybridized carbons (Fsp3) is 0.364. The quantitative estimate of drug-likeness (QED) is 0.440. The van der Waals surface area contributed by atoms with Crippen molar-refractivity contribution in [1.82, 2.24) is 20.3 Å². The van der Waals surface area contributed by atoms with Gasteiger partial charge in [0, 0.05) is 17.7 Å². The maximum Gasteiger partial charge on any atom is 0.257 e. The molecule has 0 N–H and O–H groups in total. The molecule has 1 saturated carbocycles. The lowest BCUT2D eigenvalue weighted by molar-refractivity contribution is 0.324. The lowest BCUT2D eigenvalue weighted by atomic mass is 10.0. The number of benzene rings is 1. The molecule has 0 spiro atoms. The van der Waals surface area contributed by atoms with E-state index in [9.17, 15) is 0 Å². The van der Waals surface area contributed by atoms with Crippen molar-refractivity contribution in [2.24, 2.45) is 0 Å². The van der Waals surface area contributed by atoms with Crippen LogP contribution in [0.3, 0.4) is 0 Å². The summed E-state index contributed by atoms with van der Waals surface area (Å²) in [5.41, 5.74) is 2.85. The highest BCUT2D eigenvalue weighted by atomic mass is 16.5. The van der Waals surface area contributed by atoms with Crippen molar-refractivity contribution in [1.29, 1.82) is 0 Å². The van der Waals surface area contributed by atoms with Gasteiger partial charge in [-0.1, -0.05) is 18.0 Å². The van der Waals surface area contributed by atoms with Gasteiger partial charge in [-0.2, -0.15) is 0 Å². The number of rotatable bonds is 6. The minimum absolute atomic E-state index is 0.329. The first-order chi connectivity index (χ1) is 15.2. The molecule has 3 heterocycles. The SMILES string of the molecule is COc1cc(-c2nnc(-c3cnc4onc(C5CCCC5)c4c3)o2)cc(OC)c1OC. The van der Waals surface area contributed by atoms with Crippen molar-refractivity contribution in [2.45, 2.75) is 31.6 Å². The zero-order valence-corrected chi connectivity index (χ0v) is 17.5. The van der Waals surface area contributed by atoms with Gasteiger partial charge in [-0.3, -0.25) is 0 Å². The summed E-state index contributed by atoms with van der Waals surface area (Å²) in [5, 5.41) is 13.6. The Morgan fingerprint density at radius 2 is 1.55 bits per heavy atom. The van der Waals surface area contributed by atoms with Crippen LogP contribution in [0.15, 0.2) is 33.3 Å². The van der Waals surface area contributed by atoms with Crippen molar-refractivity contribution in [3.63, 3.8) is 0 Å². The van der Waals surface area contributed by atoms with Crippen molar-refractivity contribution in [3.8, 4) is 40.2 Å². The first-order valence-electron chi connectivity index (χ1n) is 10.1. The van der Waals surface area contributed by atoms with Crippen LogP contribution in [-0.2, 0) is 0 Å². The molecule has 0 amide bonds. The molecule has 1 fully saturated rings. The van der Waals surface area contributed by atoms with Gasteiger partial charge in [-0.05, 0) is 31.0 Å². The number of hydrogen-bond acceptors (Lipinski definition) is 9. The van der Waals surface area contributed by atoms with Gasteiger partial charge in [0.15, 0.2) is 11.5 Å². The minimum Gasteiger partial charge on any atom is -0.493 e. The normalized spacial score (nSPS) is 14.3. The molecule has 4 aromatic rings. The highest BCUT2D eigenvalue weighted by molar-refractivity contribution is 5.81. The lowest BCUT2D eigenvalue weighted by Gasteiger charge is -2.12. The van der Waals surface area contributed by atoms with E-state index in [1.54, 1.807) is 39.7 Å². The van der Waals surface area contributed by atoms with Crippen molar-refractivity contribution in [3.05, 3.63) is 30.1 Å². The van der Waals surface area contributed by atoms with E-state index >= 15 is 0 Å². The summed E-state index contributed by atoms with van der Waals surface area (Å²) in [7, 11) is 4.67. The van der Waals surface area contributed by atoms with Crippen molar-refractivity contribution >= 4 is 11.1 Å². The van der Waals surface area contributed by atoms with Crippen LogP contribution in [0.2, 0.25) is 0 Å². The molecular weight excluding hydrogens is 400 g/mol. The molecule has 1 aliphatic rings. The van der Waals surface area contributed by atoms with Crippen LogP contribution in [0.4, 0.5) is 0 Å². The van der Waals surface area contributed by atoms with Crippen LogP contribution >= 0.6 is 0 Å². The maximum absolute atomic E-state index is 5.95. The molecule has 0 unspecified atom stereocenters. The summed E-state index contributed by atoms with van der Waals surface area (Å²) in [6, 6.07) is 5.48. The van der Waals surface area contributed by atoms with Crippen molar-refractivity contribution in [2.75, 3.05) is 21.3 Å². The summed E-state index contributed by atoms with van der Waals surface area (Å²) in [6.45, 7) is 0. The number of methoxy groups -OCH3 is 3. The topological polar surface area (TPSA) is 106 Å². The molecule has 5 rings (SSSR count). The molecule has 0 aliphatic heterocycles. The van der Waals surface area contributed by atoms with Gasteiger partial charge < -0.3 is 23.2 Å². The second-order valence-electron chi connectivity index (χ2n) is 7.45. The van der Waals surface area contributed by atoms with E-state index < -0.39 is 0 Å². The Kier molecular flexibility index (Phi) is 4.93. The third-order valence-corrected chi connectivity index (χ3v) is 5.68. The number of fused-ring (bicyclic) bond motifs is 1. The van der Waals surface area contributed by atoms with Gasteiger partial charge in [0.05, 0.1) is 38.0 Å². The first-order valence-corrected chi connectivity index (χ1v) is 10.1. The van der Waals surface area contributed by atoms with E-state index in [-0.39, 0.29) is 0 Å². The predicted molar refractivity (Wildman–Crippen MR) is 111 cm³/mol. The number of ether oxygens (including phenoxy) is 3. The van der Waals surface area contributed by atoms with E-state index in [1.165, 1.54) is 12.8 Å². The molecule has 1 aliphatic carbocycles. The highest BCUT2D eigenvalue weighted by Gasteiger charge is 2.24. The number of nitrogens with zero attached hydrogens (tertiary/aromatic N) is 4. The van der Waals surface area contributed by atoms with E-state index in [2.05, 4.69) is 20.3 Å². The number of aromatic nitrogens is 4. The molecule has 0 radical (unpaired) electrons. The molecule has 3 aromatic heterocycles. The van der Waals surface area contributed by atoms with Gasteiger partial charge in [0.1, 0.15) is 0 Å². The Morgan fingerprint density at radius 1 is 0.871 bits per heavy atom. The average Bonchev–Trinajstić information content (AvgIpc) is 3.57. The van der Waals surface area contributed by atoms with E-state index in [4.69, 9.17) is 23.2 Å². The Bertz CT molecular complexity index is 1200. The number of hydrogen-bond donors (Lipinski definition) is 0. The van der Waals surface area contributed by atoms with Gasteiger partial charge in [-0.25, -0.2) is 4.98 Å². The standard InChI is InChI=1S/C22H22N4O5/c1-27-16-9-13(10-17(28-2)19(16)29-3)20-24-25-21(30-20)14-8-15-18(12-6-4-5-7-12)26-31-22(15)23-11-14/h8-12H,4-7H2,1-3H3.